The Hall–Kier alpha value is -4.07. The van der Waals surface area contributed by atoms with Gasteiger partial charge in [0.05, 0.1) is 25.5 Å². The van der Waals surface area contributed by atoms with Crippen LogP contribution in [0.4, 0.5) is 5.82 Å². The molecule has 1 heterocycles. The zero-order valence-electron chi connectivity index (χ0n) is 21.2. The van der Waals surface area contributed by atoms with Gasteiger partial charge in [-0.2, -0.15) is 0 Å². The van der Waals surface area contributed by atoms with E-state index in [1.54, 1.807) is 14.2 Å². The number of nitrogens with one attached hydrogen (secondary N) is 1. The maximum Gasteiger partial charge on any atom is 0.236 e. The van der Waals surface area contributed by atoms with Gasteiger partial charge in [-0.1, -0.05) is 30.3 Å². The smallest absolute Gasteiger partial charge is 0.236 e. The van der Waals surface area contributed by atoms with E-state index in [-0.39, 0.29) is 5.91 Å². The van der Waals surface area contributed by atoms with E-state index in [2.05, 4.69) is 10.2 Å². The molecule has 0 saturated heterocycles. The number of primary amides is 1. The van der Waals surface area contributed by atoms with Gasteiger partial charge in [0.15, 0.2) is 0 Å². The third-order valence-electron chi connectivity index (χ3n) is 7.37. The summed E-state index contributed by atoms with van der Waals surface area (Å²) >= 11 is 0. The first-order chi connectivity index (χ1) is 17.9. The van der Waals surface area contributed by atoms with Crippen molar-refractivity contribution in [3.8, 4) is 11.5 Å². The van der Waals surface area contributed by atoms with Crippen LogP contribution in [0.1, 0.15) is 42.5 Å². The van der Waals surface area contributed by atoms with E-state index in [0.717, 1.165) is 47.0 Å². The highest BCUT2D eigenvalue weighted by molar-refractivity contribution is 6.07. The summed E-state index contributed by atoms with van der Waals surface area (Å²) in [7, 11) is 3.31. The third kappa shape index (κ3) is 5.09. The highest BCUT2D eigenvalue weighted by Crippen LogP contribution is 2.50. The van der Waals surface area contributed by atoms with Gasteiger partial charge in [0, 0.05) is 13.1 Å². The van der Waals surface area contributed by atoms with Gasteiger partial charge < -0.3 is 25.4 Å². The first-order valence-electron chi connectivity index (χ1n) is 12.5. The van der Waals surface area contributed by atoms with Crippen molar-refractivity contribution in [2.45, 2.75) is 44.3 Å². The second-order valence-corrected chi connectivity index (χ2v) is 9.92. The molecule has 2 aromatic carbocycles. The number of methoxy groups -OCH3 is 2. The van der Waals surface area contributed by atoms with Gasteiger partial charge in [-0.25, -0.2) is 4.98 Å². The molecule has 2 fully saturated rings. The molecule has 1 aromatic heterocycles. The Bertz CT molecular complexity index is 1230. The van der Waals surface area contributed by atoms with Gasteiger partial charge >= 0.3 is 0 Å². The number of ether oxygens (including phenoxy) is 2. The zero-order chi connectivity index (χ0) is 26.0. The van der Waals surface area contributed by atoms with Crippen LogP contribution in [0.15, 0.2) is 66.7 Å². The number of anilines is 1. The van der Waals surface area contributed by atoms with E-state index in [9.17, 15) is 9.59 Å². The minimum absolute atomic E-state index is 0.280. The monoisotopic (exact) mass is 500 g/mol. The summed E-state index contributed by atoms with van der Waals surface area (Å²) in [6.07, 6.45) is 2.58. The van der Waals surface area contributed by atoms with Gasteiger partial charge in [0.25, 0.3) is 0 Å². The highest BCUT2D eigenvalue weighted by atomic mass is 16.5. The fraction of sp³-hybridized carbons (Fsp3) is 0.345. The molecule has 0 atom stereocenters. The van der Waals surface area contributed by atoms with Crippen molar-refractivity contribution >= 4 is 17.6 Å². The second kappa shape index (κ2) is 9.76. The van der Waals surface area contributed by atoms with E-state index in [1.807, 2.05) is 66.7 Å². The predicted octanol–water partition coefficient (Wildman–Crippen LogP) is 3.68. The van der Waals surface area contributed by atoms with Crippen molar-refractivity contribution in [2.24, 2.45) is 11.1 Å². The molecule has 0 radical (unpaired) electrons. The molecule has 2 aliphatic rings. The Morgan fingerprint density at radius 3 is 1.84 bits per heavy atom. The summed E-state index contributed by atoms with van der Waals surface area (Å²) in [6, 6.07) is 21.9. The average Bonchev–Trinajstić information content (AvgIpc) is 3.85. The molecule has 37 heavy (non-hydrogen) atoms. The normalized spacial score (nSPS) is 16.4. The van der Waals surface area contributed by atoms with Crippen LogP contribution < -0.4 is 25.4 Å². The lowest BCUT2D eigenvalue weighted by molar-refractivity contribution is -0.136. The number of nitrogens with two attached hydrogens (primary N) is 1. The number of hydrogen-bond donors (Lipinski definition) is 2. The molecule has 8 heteroatoms. The van der Waals surface area contributed by atoms with Crippen molar-refractivity contribution in [1.29, 1.82) is 0 Å². The minimum Gasteiger partial charge on any atom is -0.497 e. The number of nitrogens with zero attached hydrogens (tertiary/aromatic N) is 2. The fourth-order valence-electron chi connectivity index (χ4n) is 4.60. The van der Waals surface area contributed by atoms with Crippen molar-refractivity contribution in [3.05, 3.63) is 83.6 Å². The molecular formula is C29H32N4O4. The Labute approximate surface area is 216 Å². The van der Waals surface area contributed by atoms with E-state index < -0.39 is 16.9 Å². The summed E-state index contributed by atoms with van der Waals surface area (Å²) in [4.78, 5) is 32.0. The molecule has 2 aliphatic carbocycles. The molecular weight excluding hydrogens is 468 g/mol. The maximum absolute atomic E-state index is 12.9. The molecule has 0 aliphatic heterocycles. The number of carbonyl (C=O) groups is 2. The molecule has 2 amide bonds. The molecule has 0 spiro atoms. The van der Waals surface area contributed by atoms with Gasteiger partial charge in [-0.15, -0.1) is 0 Å². The number of benzene rings is 2. The number of hydrogen-bond acceptors (Lipinski definition) is 6. The second-order valence-electron chi connectivity index (χ2n) is 9.92. The molecule has 3 N–H and O–H groups in total. The summed E-state index contributed by atoms with van der Waals surface area (Å²) in [5, 5.41) is 3.11. The van der Waals surface area contributed by atoms with Crippen LogP contribution in [-0.4, -0.2) is 31.0 Å². The van der Waals surface area contributed by atoms with E-state index in [0.29, 0.717) is 25.9 Å². The molecule has 192 valence electrons. The fourth-order valence-corrected chi connectivity index (χ4v) is 4.60. The van der Waals surface area contributed by atoms with E-state index >= 15 is 0 Å². The SMILES string of the molecule is COc1ccc(CN(Cc2ccc(OC)cc2)c2cccc(C3(NC(=O)C4(C(N)=O)CC4)CC3)n2)cc1. The average molecular weight is 501 g/mol. The van der Waals surface area contributed by atoms with Crippen LogP contribution in [0, 0.1) is 5.41 Å². The lowest BCUT2D eigenvalue weighted by Gasteiger charge is -2.26. The largest absolute Gasteiger partial charge is 0.497 e. The quantitative estimate of drug-likeness (QED) is 0.389. The Morgan fingerprint density at radius 1 is 0.865 bits per heavy atom. The Morgan fingerprint density at radius 2 is 1.41 bits per heavy atom. The zero-order valence-corrected chi connectivity index (χ0v) is 21.2. The lowest BCUT2D eigenvalue weighted by atomic mass is 10.0. The first-order valence-corrected chi connectivity index (χ1v) is 12.5. The molecule has 0 unspecified atom stereocenters. The van der Waals surface area contributed by atoms with Gasteiger partial charge in [0.1, 0.15) is 22.7 Å². The number of pyridine rings is 1. The van der Waals surface area contributed by atoms with Crippen molar-refractivity contribution < 1.29 is 19.1 Å². The molecule has 8 nitrogen and oxygen atoms in total. The summed E-state index contributed by atoms with van der Waals surface area (Å²) in [6.45, 7) is 1.27. The minimum atomic E-state index is -1.05. The summed E-state index contributed by atoms with van der Waals surface area (Å²) in [5.41, 5.74) is 6.95. The van der Waals surface area contributed by atoms with Crippen LogP contribution in [0.25, 0.3) is 0 Å². The summed E-state index contributed by atoms with van der Waals surface area (Å²) < 4.78 is 10.6. The molecule has 2 saturated carbocycles. The van der Waals surface area contributed by atoms with Crippen molar-refractivity contribution in [2.75, 3.05) is 19.1 Å². The first kappa shape index (κ1) is 24.6. The third-order valence-corrected chi connectivity index (χ3v) is 7.37. The van der Waals surface area contributed by atoms with Crippen molar-refractivity contribution in [1.82, 2.24) is 10.3 Å². The predicted molar refractivity (Wildman–Crippen MR) is 140 cm³/mol. The number of amides is 2. The van der Waals surface area contributed by atoms with Gasteiger partial charge in [-0.3, -0.25) is 9.59 Å². The standard InChI is InChI=1S/C29H32N4O4/c1-36-22-10-6-20(7-11-22)18-33(19-21-8-12-23(37-2)13-9-21)25-5-3-4-24(31-25)29(16-17-29)32-27(35)28(14-15-28)26(30)34/h3-13H,14-19H2,1-2H3,(H2,30,34)(H,32,35). The Balaban J connectivity index is 1.41. The number of aromatic nitrogens is 1. The molecule has 5 rings (SSSR count). The number of carbonyl (C=O) groups excluding carboxylic acids is 2. The lowest BCUT2D eigenvalue weighted by Crippen LogP contribution is -2.45. The van der Waals surface area contributed by atoms with E-state index in [4.69, 9.17) is 20.2 Å². The molecule has 3 aromatic rings. The van der Waals surface area contributed by atoms with Gasteiger partial charge in [0.2, 0.25) is 11.8 Å². The Kier molecular flexibility index (Phi) is 6.50. The van der Waals surface area contributed by atoms with Crippen LogP contribution in [0.3, 0.4) is 0 Å². The van der Waals surface area contributed by atoms with Crippen LogP contribution in [0.5, 0.6) is 11.5 Å². The van der Waals surface area contributed by atoms with Crippen LogP contribution in [-0.2, 0) is 28.2 Å². The van der Waals surface area contributed by atoms with Crippen molar-refractivity contribution in [3.63, 3.8) is 0 Å². The topological polar surface area (TPSA) is 107 Å². The van der Waals surface area contributed by atoms with E-state index in [1.165, 1.54) is 0 Å². The molecule has 0 bridgehead atoms. The highest BCUT2D eigenvalue weighted by Gasteiger charge is 2.59. The maximum atomic E-state index is 12.9. The van der Waals surface area contributed by atoms with Crippen LogP contribution in [0.2, 0.25) is 0 Å². The summed E-state index contributed by atoms with van der Waals surface area (Å²) in [5.74, 6) is 1.59. The van der Waals surface area contributed by atoms with Gasteiger partial charge in [-0.05, 0) is 73.2 Å². The van der Waals surface area contributed by atoms with Crippen LogP contribution >= 0.6 is 0 Å². The number of rotatable bonds is 11.